The molecule has 0 amide bonds. The third-order valence-corrected chi connectivity index (χ3v) is 3.09. The predicted molar refractivity (Wildman–Crippen MR) is 69.6 cm³/mol. The Bertz CT molecular complexity index is 535. The summed E-state index contributed by atoms with van der Waals surface area (Å²) < 4.78 is 6.53. The number of ether oxygens (including phenoxy) is 1. The molecule has 0 saturated carbocycles. The zero-order chi connectivity index (χ0) is 12.4. The van der Waals surface area contributed by atoms with E-state index in [0.717, 1.165) is 15.7 Å². The molecular weight excluding hydrogens is 282 g/mol. The number of rotatable bonds is 2. The zero-order valence-corrected chi connectivity index (χ0v) is 11.2. The summed E-state index contributed by atoms with van der Waals surface area (Å²) in [4.78, 5) is 4.28. The van der Waals surface area contributed by atoms with Gasteiger partial charge in [-0.15, -0.1) is 0 Å². The first kappa shape index (κ1) is 11.9. The largest absolute Gasteiger partial charge is 0.508 e. The van der Waals surface area contributed by atoms with Gasteiger partial charge in [0.05, 0.1) is 5.69 Å². The van der Waals surface area contributed by atoms with Gasteiger partial charge in [0.25, 0.3) is 0 Å². The molecule has 0 spiro atoms. The van der Waals surface area contributed by atoms with Crippen LogP contribution in [0.2, 0.25) is 0 Å². The highest BCUT2D eigenvalue weighted by Gasteiger charge is 2.03. The Morgan fingerprint density at radius 2 is 1.94 bits per heavy atom. The highest BCUT2D eigenvalue weighted by Crippen LogP contribution is 2.26. The second-order valence-corrected chi connectivity index (χ2v) is 4.68. The van der Waals surface area contributed by atoms with E-state index in [1.165, 1.54) is 0 Å². The molecule has 0 fully saturated rings. The molecule has 4 heteroatoms. The Balaban J connectivity index is 2.28. The first-order chi connectivity index (χ1) is 8.04. The van der Waals surface area contributed by atoms with Crippen LogP contribution in [0.5, 0.6) is 17.4 Å². The summed E-state index contributed by atoms with van der Waals surface area (Å²) in [5.74, 6) is 1.28. The fourth-order valence-corrected chi connectivity index (χ4v) is 1.71. The Labute approximate surface area is 108 Å². The Hall–Kier alpha value is -1.55. The molecule has 0 aliphatic rings. The summed E-state index contributed by atoms with van der Waals surface area (Å²) >= 11 is 3.38. The van der Waals surface area contributed by atoms with Crippen LogP contribution >= 0.6 is 15.9 Å². The molecule has 1 heterocycles. The van der Waals surface area contributed by atoms with Crippen molar-refractivity contribution >= 4 is 15.9 Å². The molecule has 0 radical (unpaired) electrons. The van der Waals surface area contributed by atoms with Gasteiger partial charge in [-0.25, -0.2) is 4.98 Å². The lowest BCUT2D eigenvalue weighted by Gasteiger charge is -2.07. The Morgan fingerprint density at radius 3 is 2.59 bits per heavy atom. The fourth-order valence-electron chi connectivity index (χ4n) is 1.49. The van der Waals surface area contributed by atoms with Crippen molar-refractivity contribution in [1.82, 2.24) is 4.98 Å². The molecule has 2 aromatic rings. The van der Waals surface area contributed by atoms with E-state index in [2.05, 4.69) is 20.9 Å². The normalized spacial score (nSPS) is 10.3. The van der Waals surface area contributed by atoms with Crippen LogP contribution in [0.25, 0.3) is 0 Å². The number of pyridine rings is 1. The highest BCUT2D eigenvalue weighted by atomic mass is 79.9. The van der Waals surface area contributed by atoms with Crippen LogP contribution in [-0.4, -0.2) is 10.1 Å². The van der Waals surface area contributed by atoms with E-state index in [1.807, 2.05) is 26.0 Å². The fraction of sp³-hybridized carbons (Fsp3) is 0.154. The van der Waals surface area contributed by atoms with E-state index in [-0.39, 0.29) is 5.75 Å². The molecule has 88 valence electrons. The van der Waals surface area contributed by atoms with Gasteiger partial charge in [0.1, 0.15) is 11.5 Å². The lowest BCUT2D eigenvalue weighted by molar-refractivity contribution is 0.444. The van der Waals surface area contributed by atoms with Gasteiger partial charge >= 0.3 is 0 Å². The number of aryl methyl sites for hydroxylation is 2. The van der Waals surface area contributed by atoms with E-state index in [1.54, 1.807) is 18.2 Å². The number of hydrogen-bond donors (Lipinski definition) is 1. The van der Waals surface area contributed by atoms with Crippen molar-refractivity contribution in [3.63, 3.8) is 0 Å². The minimum Gasteiger partial charge on any atom is -0.508 e. The maximum atomic E-state index is 9.46. The number of aromatic nitrogens is 1. The van der Waals surface area contributed by atoms with E-state index >= 15 is 0 Å². The quantitative estimate of drug-likeness (QED) is 0.911. The molecule has 0 atom stereocenters. The summed E-state index contributed by atoms with van der Waals surface area (Å²) in [6.45, 7) is 3.79. The molecule has 0 aliphatic carbocycles. The Morgan fingerprint density at radius 1 is 1.18 bits per heavy atom. The number of phenolic OH excluding ortho intramolecular Hbond substituents is 1. The number of aromatic hydroxyl groups is 1. The summed E-state index contributed by atoms with van der Waals surface area (Å²) in [5, 5.41) is 9.46. The highest BCUT2D eigenvalue weighted by molar-refractivity contribution is 9.10. The topological polar surface area (TPSA) is 42.4 Å². The van der Waals surface area contributed by atoms with Crippen LogP contribution in [0.3, 0.4) is 0 Å². The number of phenols is 1. The molecular formula is C13H12BrNO2. The van der Waals surface area contributed by atoms with Gasteiger partial charge in [0.2, 0.25) is 5.88 Å². The van der Waals surface area contributed by atoms with Gasteiger partial charge in [-0.3, -0.25) is 0 Å². The lowest BCUT2D eigenvalue weighted by Crippen LogP contribution is -1.91. The van der Waals surface area contributed by atoms with Crippen molar-refractivity contribution in [2.45, 2.75) is 13.8 Å². The number of halogens is 1. The average molecular weight is 294 g/mol. The van der Waals surface area contributed by atoms with Gasteiger partial charge in [-0.1, -0.05) is 0 Å². The van der Waals surface area contributed by atoms with Gasteiger partial charge in [-0.05, 0) is 53.5 Å². The van der Waals surface area contributed by atoms with E-state index in [9.17, 15) is 5.11 Å². The second kappa shape index (κ2) is 4.75. The minimum atomic E-state index is 0.189. The molecule has 2 rings (SSSR count). The maximum Gasteiger partial charge on any atom is 0.219 e. The number of nitrogens with zero attached hydrogens (tertiary/aromatic N) is 1. The zero-order valence-electron chi connectivity index (χ0n) is 9.57. The molecule has 1 aromatic heterocycles. The van der Waals surface area contributed by atoms with Crippen LogP contribution in [0.15, 0.2) is 34.8 Å². The Kier molecular flexibility index (Phi) is 3.33. The first-order valence-electron chi connectivity index (χ1n) is 5.16. The van der Waals surface area contributed by atoms with Gasteiger partial charge < -0.3 is 9.84 Å². The number of hydrogen-bond acceptors (Lipinski definition) is 3. The van der Waals surface area contributed by atoms with Crippen molar-refractivity contribution in [1.29, 1.82) is 0 Å². The van der Waals surface area contributed by atoms with Crippen molar-refractivity contribution in [2.75, 3.05) is 0 Å². The van der Waals surface area contributed by atoms with Crippen LogP contribution in [-0.2, 0) is 0 Å². The summed E-state index contributed by atoms with van der Waals surface area (Å²) in [5.41, 5.74) is 1.80. The summed E-state index contributed by atoms with van der Waals surface area (Å²) in [6, 6.07) is 8.74. The molecule has 0 unspecified atom stereocenters. The third-order valence-electron chi connectivity index (χ3n) is 2.25. The van der Waals surface area contributed by atoms with Crippen LogP contribution in [0.4, 0.5) is 0 Å². The molecule has 0 bridgehead atoms. The van der Waals surface area contributed by atoms with E-state index in [4.69, 9.17) is 4.74 Å². The smallest absolute Gasteiger partial charge is 0.219 e. The summed E-state index contributed by atoms with van der Waals surface area (Å²) in [6.07, 6.45) is 0. The average Bonchev–Trinajstić information content (AvgIpc) is 2.22. The molecule has 1 aromatic carbocycles. The van der Waals surface area contributed by atoms with E-state index < -0.39 is 0 Å². The summed E-state index contributed by atoms with van der Waals surface area (Å²) in [7, 11) is 0. The van der Waals surface area contributed by atoms with E-state index in [0.29, 0.717) is 11.6 Å². The second-order valence-electron chi connectivity index (χ2n) is 3.82. The third kappa shape index (κ3) is 2.97. The minimum absolute atomic E-state index is 0.189. The van der Waals surface area contributed by atoms with Crippen LogP contribution in [0.1, 0.15) is 11.3 Å². The van der Waals surface area contributed by atoms with Gasteiger partial charge in [-0.2, -0.15) is 0 Å². The van der Waals surface area contributed by atoms with Crippen LogP contribution < -0.4 is 4.74 Å². The molecule has 1 N–H and O–H groups in total. The van der Waals surface area contributed by atoms with Crippen molar-refractivity contribution in [2.24, 2.45) is 0 Å². The molecule has 0 aliphatic heterocycles. The lowest BCUT2D eigenvalue weighted by atomic mass is 10.2. The molecule has 17 heavy (non-hydrogen) atoms. The monoisotopic (exact) mass is 293 g/mol. The van der Waals surface area contributed by atoms with Crippen LogP contribution in [0, 0.1) is 13.8 Å². The maximum absolute atomic E-state index is 9.46. The standard InChI is InChI=1S/C13H12BrNO2/c1-8-5-10(16)7-11(6-8)17-13-4-3-12(14)9(2)15-13/h3-7,16H,1-2H3. The predicted octanol–water partition coefficient (Wildman–Crippen LogP) is 3.96. The SMILES string of the molecule is Cc1cc(O)cc(Oc2ccc(Br)c(C)n2)c1. The number of benzene rings is 1. The molecule has 0 saturated heterocycles. The molecule has 3 nitrogen and oxygen atoms in total. The van der Waals surface area contributed by atoms with Gasteiger partial charge in [0, 0.05) is 16.6 Å². The van der Waals surface area contributed by atoms with Crippen molar-refractivity contribution < 1.29 is 9.84 Å². The van der Waals surface area contributed by atoms with Gasteiger partial charge in [0.15, 0.2) is 0 Å². The first-order valence-corrected chi connectivity index (χ1v) is 5.95. The van der Waals surface area contributed by atoms with Crippen molar-refractivity contribution in [3.8, 4) is 17.4 Å². The van der Waals surface area contributed by atoms with Crippen molar-refractivity contribution in [3.05, 3.63) is 46.1 Å².